The maximum atomic E-state index is 11.9. The zero-order valence-electron chi connectivity index (χ0n) is 19.7. The standard InChI is InChI=1S/C25H29N5O5/c1-29-23(28-35-25(29)33)22(19-11-6-3-7-12-19)27-34-17-20-13-8-14-21(26-20)30(24(31)32)16-15-18-9-4-2-5-10-18/h3,6-8,11-14,18H,2,4-5,9-10,15-17H2,1H3,(H,31,32). The van der Waals surface area contributed by atoms with Gasteiger partial charge in [0.1, 0.15) is 5.82 Å². The predicted molar refractivity (Wildman–Crippen MR) is 129 cm³/mol. The van der Waals surface area contributed by atoms with Gasteiger partial charge in [0.05, 0.1) is 5.69 Å². The first-order chi connectivity index (χ1) is 17.0. The highest BCUT2D eigenvalue weighted by molar-refractivity contribution is 6.10. The van der Waals surface area contributed by atoms with Crippen molar-refractivity contribution in [3.63, 3.8) is 0 Å². The molecule has 0 spiro atoms. The van der Waals surface area contributed by atoms with Crippen LogP contribution in [0.2, 0.25) is 0 Å². The first-order valence-electron chi connectivity index (χ1n) is 11.8. The molecule has 0 atom stereocenters. The predicted octanol–water partition coefficient (Wildman–Crippen LogP) is 4.19. The molecule has 1 saturated carbocycles. The Kier molecular flexibility index (Phi) is 7.92. The summed E-state index contributed by atoms with van der Waals surface area (Å²) in [5, 5.41) is 17.8. The van der Waals surface area contributed by atoms with Crippen molar-refractivity contribution in [2.24, 2.45) is 18.1 Å². The normalized spacial score (nSPS) is 14.6. The number of carboxylic acid groups (broad SMARTS) is 1. The number of hydrogen-bond donors (Lipinski definition) is 1. The molecule has 1 N–H and O–H groups in total. The van der Waals surface area contributed by atoms with Crippen molar-refractivity contribution in [3.8, 4) is 0 Å². The molecule has 0 bridgehead atoms. The third-order valence-electron chi connectivity index (χ3n) is 6.21. The molecule has 0 saturated heterocycles. The average molecular weight is 480 g/mol. The van der Waals surface area contributed by atoms with Crippen molar-refractivity contribution >= 4 is 17.6 Å². The Bertz CT molecular complexity index is 1210. The van der Waals surface area contributed by atoms with Crippen LogP contribution in [0.4, 0.5) is 10.6 Å². The van der Waals surface area contributed by atoms with E-state index < -0.39 is 11.8 Å². The topological polar surface area (TPSA) is 123 Å². The van der Waals surface area contributed by atoms with Gasteiger partial charge >= 0.3 is 11.8 Å². The Balaban J connectivity index is 1.48. The molecule has 184 valence electrons. The minimum Gasteiger partial charge on any atom is -0.465 e. The number of hydrogen-bond acceptors (Lipinski definition) is 7. The van der Waals surface area contributed by atoms with E-state index in [1.54, 1.807) is 18.2 Å². The monoisotopic (exact) mass is 479 g/mol. The second kappa shape index (κ2) is 11.5. The van der Waals surface area contributed by atoms with Gasteiger partial charge in [-0.15, -0.1) is 0 Å². The van der Waals surface area contributed by atoms with E-state index in [4.69, 9.17) is 9.36 Å². The van der Waals surface area contributed by atoms with E-state index >= 15 is 0 Å². The molecule has 3 aromatic rings. The van der Waals surface area contributed by atoms with Crippen LogP contribution in [-0.4, -0.2) is 38.2 Å². The van der Waals surface area contributed by atoms with E-state index in [1.807, 2.05) is 30.3 Å². The third-order valence-corrected chi connectivity index (χ3v) is 6.21. The van der Waals surface area contributed by atoms with Gasteiger partial charge in [-0.05, 0) is 24.5 Å². The SMILES string of the molecule is Cn1c(C(=NOCc2cccc(N(CCC3CCCCC3)C(=O)O)n2)c2ccccc2)noc1=O. The van der Waals surface area contributed by atoms with Crippen molar-refractivity contribution < 1.29 is 19.3 Å². The number of carbonyl (C=O) groups is 1. The molecule has 2 heterocycles. The van der Waals surface area contributed by atoms with Crippen molar-refractivity contribution in [2.45, 2.75) is 45.1 Å². The van der Waals surface area contributed by atoms with Crippen LogP contribution in [0.5, 0.6) is 0 Å². The molecule has 1 amide bonds. The lowest BCUT2D eigenvalue weighted by atomic mass is 9.87. The van der Waals surface area contributed by atoms with Crippen LogP contribution in [0.1, 0.15) is 55.6 Å². The fourth-order valence-electron chi connectivity index (χ4n) is 4.27. The molecule has 0 radical (unpaired) electrons. The molecular formula is C25H29N5O5. The van der Waals surface area contributed by atoms with Gasteiger partial charge in [-0.3, -0.25) is 14.0 Å². The lowest BCUT2D eigenvalue weighted by Crippen LogP contribution is -2.32. The highest BCUT2D eigenvalue weighted by Crippen LogP contribution is 2.27. The Morgan fingerprint density at radius 2 is 1.94 bits per heavy atom. The second-order valence-corrected chi connectivity index (χ2v) is 8.62. The fourth-order valence-corrected chi connectivity index (χ4v) is 4.27. The summed E-state index contributed by atoms with van der Waals surface area (Å²) in [5.41, 5.74) is 1.55. The minimum atomic E-state index is -1.03. The highest BCUT2D eigenvalue weighted by Gasteiger charge is 2.20. The lowest BCUT2D eigenvalue weighted by Gasteiger charge is -2.25. The van der Waals surface area contributed by atoms with Gasteiger partial charge in [0.25, 0.3) is 0 Å². The largest absolute Gasteiger partial charge is 0.465 e. The molecule has 0 unspecified atom stereocenters. The van der Waals surface area contributed by atoms with Crippen LogP contribution in [0.15, 0.2) is 63.0 Å². The Hall–Kier alpha value is -3.95. The number of anilines is 1. The van der Waals surface area contributed by atoms with E-state index in [0.29, 0.717) is 35.2 Å². The molecule has 35 heavy (non-hydrogen) atoms. The van der Waals surface area contributed by atoms with Crippen molar-refractivity contribution in [3.05, 3.63) is 76.2 Å². The van der Waals surface area contributed by atoms with Gasteiger partial charge < -0.3 is 9.94 Å². The lowest BCUT2D eigenvalue weighted by molar-refractivity contribution is 0.128. The first-order valence-corrected chi connectivity index (χ1v) is 11.8. The number of benzene rings is 1. The highest BCUT2D eigenvalue weighted by atomic mass is 16.6. The smallest absolute Gasteiger partial charge is 0.441 e. The first kappa shape index (κ1) is 24.2. The fraction of sp³-hybridized carbons (Fsp3) is 0.400. The molecule has 10 nitrogen and oxygen atoms in total. The molecule has 10 heteroatoms. The quantitative estimate of drug-likeness (QED) is 0.360. The minimum absolute atomic E-state index is 0.00601. The van der Waals surface area contributed by atoms with Crippen LogP contribution in [0, 0.1) is 5.92 Å². The molecule has 4 rings (SSSR count). The third kappa shape index (κ3) is 6.14. The molecule has 1 fully saturated rings. The van der Waals surface area contributed by atoms with Gasteiger partial charge in [-0.1, -0.05) is 78.8 Å². The van der Waals surface area contributed by atoms with Crippen LogP contribution in [0.3, 0.4) is 0 Å². The number of rotatable bonds is 9. The summed E-state index contributed by atoms with van der Waals surface area (Å²) in [7, 11) is 1.53. The van der Waals surface area contributed by atoms with Gasteiger partial charge in [0, 0.05) is 19.2 Å². The Morgan fingerprint density at radius 1 is 1.17 bits per heavy atom. The summed E-state index contributed by atoms with van der Waals surface area (Å²) in [6, 6.07) is 14.3. The van der Waals surface area contributed by atoms with Crippen molar-refractivity contribution in [1.29, 1.82) is 0 Å². The number of amides is 1. The Labute approximate surface area is 202 Å². The van der Waals surface area contributed by atoms with E-state index in [9.17, 15) is 14.7 Å². The molecule has 2 aromatic heterocycles. The van der Waals surface area contributed by atoms with Crippen LogP contribution in [0.25, 0.3) is 0 Å². The summed E-state index contributed by atoms with van der Waals surface area (Å²) in [6.07, 6.45) is 5.83. The van der Waals surface area contributed by atoms with Crippen LogP contribution in [-0.2, 0) is 18.5 Å². The number of aromatic nitrogens is 3. The number of oxime groups is 1. The zero-order valence-corrected chi connectivity index (χ0v) is 19.7. The second-order valence-electron chi connectivity index (χ2n) is 8.62. The van der Waals surface area contributed by atoms with E-state index in [-0.39, 0.29) is 12.4 Å². The summed E-state index contributed by atoms with van der Waals surface area (Å²) in [4.78, 5) is 35.0. The van der Waals surface area contributed by atoms with Gasteiger partial charge in [-0.25, -0.2) is 14.6 Å². The van der Waals surface area contributed by atoms with E-state index in [2.05, 4.69) is 15.3 Å². The molecule has 0 aliphatic heterocycles. The zero-order chi connectivity index (χ0) is 24.6. The van der Waals surface area contributed by atoms with Gasteiger partial charge in [-0.2, -0.15) is 0 Å². The number of nitrogens with zero attached hydrogens (tertiary/aromatic N) is 5. The summed E-state index contributed by atoms with van der Waals surface area (Å²) in [6.45, 7) is 0.417. The summed E-state index contributed by atoms with van der Waals surface area (Å²) in [5.74, 6) is 0.540. The molecule has 1 aromatic carbocycles. The number of pyridine rings is 1. The molecule has 1 aliphatic rings. The molecular weight excluding hydrogens is 450 g/mol. The van der Waals surface area contributed by atoms with E-state index in [0.717, 1.165) is 19.3 Å². The van der Waals surface area contributed by atoms with Gasteiger partial charge in [0.15, 0.2) is 12.3 Å². The van der Waals surface area contributed by atoms with Crippen molar-refractivity contribution in [2.75, 3.05) is 11.4 Å². The summed E-state index contributed by atoms with van der Waals surface area (Å²) < 4.78 is 5.98. The van der Waals surface area contributed by atoms with Crippen molar-refractivity contribution in [1.82, 2.24) is 14.7 Å². The van der Waals surface area contributed by atoms with Gasteiger partial charge in [0.2, 0.25) is 5.82 Å². The van der Waals surface area contributed by atoms with Crippen LogP contribution < -0.4 is 10.7 Å². The maximum absolute atomic E-state index is 11.9. The van der Waals surface area contributed by atoms with Crippen LogP contribution >= 0.6 is 0 Å². The molecule has 1 aliphatic carbocycles. The maximum Gasteiger partial charge on any atom is 0.441 e. The Morgan fingerprint density at radius 3 is 2.63 bits per heavy atom. The average Bonchev–Trinajstić information content (AvgIpc) is 3.21. The van der Waals surface area contributed by atoms with E-state index in [1.165, 1.54) is 35.8 Å². The summed E-state index contributed by atoms with van der Waals surface area (Å²) >= 11 is 0.